The topological polar surface area (TPSA) is 79.8 Å². The molecule has 0 saturated heterocycles. The number of aromatic nitrogens is 3. The minimum atomic E-state index is -0.365. The average molecular weight is 280 g/mol. The van der Waals surface area contributed by atoms with Gasteiger partial charge in [0.1, 0.15) is 5.69 Å². The van der Waals surface area contributed by atoms with Gasteiger partial charge in [-0.3, -0.25) is 9.59 Å². The van der Waals surface area contributed by atoms with Crippen LogP contribution in [0.15, 0.2) is 66.0 Å². The van der Waals surface area contributed by atoms with Crippen molar-refractivity contribution in [1.29, 1.82) is 0 Å². The van der Waals surface area contributed by atoms with Crippen LogP contribution in [0.2, 0.25) is 0 Å². The molecule has 0 saturated carbocycles. The Labute approximate surface area is 120 Å². The first-order chi connectivity index (χ1) is 10.2. The van der Waals surface area contributed by atoms with Crippen LogP contribution in [-0.4, -0.2) is 20.4 Å². The first-order valence-electron chi connectivity index (χ1n) is 6.31. The number of rotatable bonds is 3. The van der Waals surface area contributed by atoms with Crippen molar-refractivity contribution in [2.75, 3.05) is 5.32 Å². The summed E-state index contributed by atoms with van der Waals surface area (Å²) in [6.07, 6.45) is 5.17. The Morgan fingerprint density at radius 1 is 1.19 bits per heavy atom. The van der Waals surface area contributed by atoms with Gasteiger partial charge >= 0.3 is 0 Å². The van der Waals surface area contributed by atoms with E-state index in [1.54, 1.807) is 24.7 Å². The standard InChI is InChI=1S/C15H12N4O2/c20-14-6-2-5-13(18-14)15(21)17-11-3-1-4-12(9-11)19-8-7-16-10-19/h1-10H,(H,17,21)(H,18,20). The summed E-state index contributed by atoms with van der Waals surface area (Å²) in [7, 11) is 0. The Balaban J connectivity index is 1.84. The third-order valence-electron chi connectivity index (χ3n) is 2.92. The van der Waals surface area contributed by atoms with E-state index in [0.29, 0.717) is 5.69 Å². The molecule has 0 aliphatic rings. The summed E-state index contributed by atoms with van der Waals surface area (Å²) in [6, 6.07) is 11.8. The Bertz CT molecular complexity index is 821. The molecule has 3 rings (SSSR count). The number of H-pyrrole nitrogens is 1. The predicted molar refractivity (Wildman–Crippen MR) is 78.6 cm³/mol. The molecule has 3 aromatic rings. The van der Waals surface area contributed by atoms with E-state index in [9.17, 15) is 9.59 Å². The molecule has 1 aromatic carbocycles. The molecule has 2 heterocycles. The highest BCUT2D eigenvalue weighted by Crippen LogP contribution is 2.15. The number of nitrogens with one attached hydrogen (secondary N) is 2. The third kappa shape index (κ3) is 2.89. The highest BCUT2D eigenvalue weighted by Gasteiger charge is 2.07. The molecule has 0 radical (unpaired) electrons. The highest BCUT2D eigenvalue weighted by atomic mass is 16.2. The molecule has 104 valence electrons. The Morgan fingerprint density at radius 2 is 2.05 bits per heavy atom. The molecule has 2 aromatic heterocycles. The third-order valence-corrected chi connectivity index (χ3v) is 2.92. The van der Waals surface area contributed by atoms with Crippen LogP contribution in [0.5, 0.6) is 0 Å². The molecule has 0 fully saturated rings. The average Bonchev–Trinajstić information content (AvgIpc) is 3.02. The minimum absolute atomic E-state index is 0.218. The quantitative estimate of drug-likeness (QED) is 0.768. The summed E-state index contributed by atoms with van der Waals surface area (Å²) in [5, 5.41) is 2.74. The fourth-order valence-electron chi connectivity index (χ4n) is 1.93. The van der Waals surface area contributed by atoms with Crippen LogP contribution in [-0.2, 0) is 0 Å². The van der Waals surface area contributed by atoms with Crippen molar-refractivity contribution in [3.05, 3.63) is 77.2 Å². The summed E-state index contributed by atoms with van der Waals surface area (Å²) in [5.74, 6) is -0.365. The molecule has 1 amide bonds. The molecular weight excluding hydrogens is 268 g/mol. The van der Waals surface area contributed by atoms with E-state index in [4.69, 9.17) is 0 Å². The molecule has 0 unspecified atom stereocenters. The SMILES string of the molecule is O=C(Nc1cccc(-n2ccnc2)c1)c1cccc(=O)[nH]1. The van der Waals surface area contributed by atoms with Gasteiger partial charge < -0.3 is 14.9 Å². The van der Waals surface area contributed by atoms with Crippen molar-refractivity contribution < 1.29 is 4.79 Å². The second kappa shape index (κ2) is 5.46. The van der Waals surface area contributed by atoms with Gasteiger partial charge in [-0.15, -0.1) is 0 Å². The van der Waals surface area contributed by atoms with Crippen LogP contribution < -0.4 is 10.9 Å². The summed E-state index contributed by atoms with van der Waals surface area (Å²) in [5.41, 5.74) is 1.42. The lowest BCUT2D eigenvalue weighted by Gasteiger charge is -2.07. The maximum atomic E-state index is 12.1. The zero-order valence-electron chi connectivity index (χ0n) is 11.0. The van der Waals surface area contributed by atoms with Crippen LogP contribution in [0.4, 0.5) is 5.69 Å². The molecule has 21 heavy (non-hydrogen) atoms. The molecule has 0 spiro atoms. The molecule has 6 nitrogen and oxygen atoms in total. The number of nitrogens with zero attached hydrogens (tertiary/aromatic N) is 2. The first kappa shape index (κ1) is 12.9. The van der Waals surface area contributed by atoms with Crippen molar-refractivity contribution in [2.45, 2.75) is 0 Å². The van der Waals surface area contributed by atoms with Gasteiger partial charge in [0, 0.05) is 29.8 Å². The number of benzene rings is 1. The minimum Gasteiger partial charge on any atom is -0.321 e. The summed E-state index contributed by atoms with van der Waals surface area (Å²) >= 11 is 0. The lowest BCUT2D eigenvalue weighted by atomic mass is 10.2. The van der Waals surface area contributed by atoms with Gasteiger partial charge in [-0.1, -0.05) is 12.1 Å². The van der Waals surface area contributed by atoms with Crippen molar-refractivity contribution in [2.24, 2.45) is 0 Å². The fraction of sp³-hybridized carbons (Fsp3) is 0. The number of pyridine rings is 1. The predicted octanol–water partition coefficient (Wildman–Crippen LogP) is 1.81. The Kier molecular flexibility index (Phi) is 3.34. The van der Waals surface area contributed by atoms with Crippen LogP contribution in [0.3, 0.4) is 0 Å². The number of imidazole rings is 1. The van der Waals surface area contributed by atoms with E-state index in [1.165, 1.54) is 12.1 Å². The van der Waals surface area contributed by atoms with Crippen molar-refractivity contribution in [3.63, 3.8) is 0 Å². The first-order valence-corrected chi connectivity index (χ1v) is 6.31. The lowest BCUT2D eigenvalue weighted by Crippen LogP contribution is -2.17. The van der Waals surface area contributed by atoms with Gasteiger partial charge in [-0.05, 0) is 24.3 Å². The van der Waals surface area contributed by atoms with Crippen LogP contribution in [0.25, 0.3) is 5.69 Å². The number of hydrogen-bond acceptors (Lipinski definition) is 3. The molecule has 2 N–H and O–H groups in total. The van der Waals surface area contributed by atoms with Crippen molar-refractivity contribution >= 4 is 11.6 Å². The fourth-order valence-corrected chi connectivity index (χ4v) is 1.93. The van der Waals surface area contributed by atoms with Gasteiger partial charge in [-0.2, -0.15) is 0 Å². The number of anilines is 1. The lowest BCUT2D eigenvalue weighted by molar-refractivity contribution is 0.102. The van der Waals surface area contributed by atoms with Gasteiger partial charge in [0.05, 0.1) is 6.33 Å². The second-order valence-electron chi connectivity index (χ2n) is 4.40. The number of hydrogen-bond donors (Lipinski definition) is 2. The van der Waals surface area contributed by atoms with Gasteiger partial charge in [0.15, 0.2) is 0 Å². The second-order valence-corrected chi connectivity index (χ2v) is 4.40. The smallest absolute Gasteiger partial charge is 0.272 e. The number of aromatic amines is 1. The zero-order valence-corrected chi connectivity index (χ0v) is 11.0. The van der Waals surface area contributed by atoms with E-state index < -0.39 is 0 Å². The van der Waals surface area contributed by atoms with Crippen LogP contribution in [0.1, 0.15) is 10.5 Å². The van der Waals surface area contributed by atoms with E-state index in [0.717, 1.165) is 5.69 Å². The van der Waals surface area contributed by atoms with E-state index >= 15 is 0 Å². The van der Waals surface area contributed by atoms with E-state index in [-0.39, 0.29) is 17.2 Å². The normalized spacial score (nSPS) is 10.3. The van der Waals surface area contributed by atoms with Crippen molar-refractivity contribution in [3.8, 4) is 5.69 Å². The highest BCUT2D eigenvalue weighted by molar-refractivity contribution is 6.02. The van der Waals surface area contributed by atoms with Gasteiger partial charge in [-0.25, -0.2) is 4.98 Å². The van der Waals surface area contributed by atoms with Crippen LogP contribution in [0, 0.1) is 0 Å². The summed E-state index contributed by atoms with van der Waals surface area (Å²) in [4.78, 5) is 29.7. The maximum absolute atomic E-state index is 12.1. The summed E-state index contributed by atoms with van der Waals surface area (Å²) in [6.45, 7) is 0. The molecule has 6 heteroatoms. The monoisotopic (exact) mass is 280 g/mol. The van der Waals surface area contributed by atoms with Crippen LogP contribution >= 0.6 is 0 Å². The molecule has 0 bridgehead atoms. The van der Waals surface area contributed by atoms with Gasteiger partial charge in [0.2, 0.25) is 5.56 Å². The Hall–Kier alpha value is -3.15. The number of amides is 1. The Morgan fingerprint density at radius 3 is 2.81 bits per heavy atom. The zero-order chi connectivity index (χ0) is 14.7. The largest absolute Gasteiger partial charge is 0.321 e. The maximum Gasteiger partial charge on any atom is 0.272 e. The molecule has 0 atom stereocenters. The summed E-state index contributed by atoms with van der Waals surface area (Å²) < 4.78 is 1.83. The molecular formula is C15H12N4O2. The number of carbonyl (C=O) groups is 1. The molecule has 0 aliphatic carbocycles. The molecule has 0 aliphatic heterocycles. The van der Waals surface area contributed by atoms with Gasteiger partial charge in [0.25, 0.3) is 5.91 Å². The van der Waals surface area contributed by atoms with Crippen molar-refractivity contribution in [1.82, 2.24) is 14.5 Å². The van der Waals surface area contributed by atoms with E-state index in [2.05, 4.69) is 15.3 Å². The number of carbonyl (C=O) groups excluding carboxylic acids is 1. The van der Waals surface area contributed by atoms with E-state index in [1.807, 2.05) is 29.0 Å².